The Hall–Kier alpha value is -3.61. The van der Waals surface area contributed by atoms with E-state index < -0.39 is 11.8 Å². The molecular formula is C27H22Cl2N4O2. The van der Waals surface area contributed by atoms with E-state index in [4.69, 9.17) is 23.2 Å². The third kappa shape index (κ3) is 4.20. The van der Waals surface area contributed by atoms with Gasteiger partial charge in [-0.3, -0.25) is 14.7 Å². The van der Waals surface area contributed by atoms with Crippen LogP contribution in [0.3, 0.4) is 0 Å². The maximum Gasteiger partial charge on any atom is 0.275 e. The zero-order valence-electron chi connectivity index (χ0n) is 19.1. The van der Waals surface area contributed by atoms with Gasteiger partial charge in [0.1, 0.15) is 0 Å². The monoisotopic (exact) mass is 504 g/mol. The minimum Gasteiger partial charge on any atom is -0.295 e. The summed E-state index contributed by atoms with van der Waals surface area (Å²) >= 11 is 12.1. The van der Waals surface area contributed by atoms with E-state index >= 15 is 0 Å². The number of aromatic nitrogens is 2. The lowest BCUT2D eigenvalue weighted by Crippen LogP contribution is -2.34. The predicted molar refractivity (Wildman–Crippen MR) is 140 cm³/mol. The number of halogens is 2. The maximum atomic E-state index is 13.8. The van der Waals surface area contributed by atoms with Gasteiger partial charge in [-0.2, -0.15) is 5.10 Å². The first-order valence-electron chi connectivity index (χ1n) is 11.1. The number of carbonyl (C=O) groups is 1. The van der Waals surface area contributed by atoms with E-state index in [0.717, 1.165) is 5.56 Å². The predicted octanol–water partition coefficient (Wildman–Crippen LogP) is 5.95. The summed E-state index contributed by atoms with van der Waals surface area (Å²) in [5.74, 6) is -1.37. The maximum absolute atomic E-state index is 13.8. The van der Waals surface area contributed by atoms with E-state index in [2.05, 4.69) is 10.2 Å². The van der Waals surface area contributed by atoms with Crippen LogP contribution in [0, 0.1) is 12.8 Å². The molecule has 1 amide bonds. The summed E-state index contributed by atoms with van der Waals surface area (Å²) in [7, 11) is 0. The number of anilines is 1. The second-order valence-electron chi connectivity index (χ2n) is 8.50. The number of amides is 1. The molecule has 176 valence electrons. The molecule has 4 aromatic rings. The van der Waals surface area contributed by atoms with Gasteiger partial charge in [0.25, 0.3) is 11.5 Å². The van der Waals surface area contributed by atoms with Crippen LogP contribution in [0.5, 0.6) is 0 Å². The molecule has 0 radical (unpaired) electrons. The average molecular weight is 505 g/mol. The van der Waals surface area contributed by atoms with Crippen LogP contribution in [0.2, 0.25) is 10.0 Å². The number of nitrogens with one attached hydrogen (secondary N) is 1. The summed E-state index contributed by atoms with van der Waals surface area (Å²) in [6, 6.07) is 23.6. The molecule has 1 aliphatic heterocycles. The SMILES string of the molecule is CC1=NN(c2ccc(Cl)cc2)C(=O)[C@H]1[C@@H](c1ccccc1)c1c(C)[nH]n(-c2ccc(Cl)cc2)c1=O. The van der Waals surface area contributed by atoms with E-state index in [1.165, 1.54) is 9.69 Å². The van der Waals surface area contributed by atoms with E-state index in [9.17, 15) is 9.59 Å². The topological polar surface area (TPSA) is 70.5 Å². The van der Waals surface area contributed by atoms with E-state index in [-0.39, 0.29) is 11.5 Å². The Morgan fingerprint density at radius 1 is 0.829 bits per heavy atom. The molecular weight excluding hydrogens is 483 g/mol. The Bertz CT molecular complexity index is 1470. The molecule has 6 nitrogen and oxygen atoms in total. The van der Waals surface area contributed by atoms with Gasteiger partial charge in [0.2, 0.25) is 0 Å². The normalized spacial score (nSPS) is 16.5. The first-order chi connectivity index (χ1) is 16.8. The highest BCUT2D eigenvalue weighted by Gasteiger charge is 2.43. The number of hydrazone groups is 1. The highest BCUT2D eigenvalue weighted by Crippen LogP contribution is 2.38. The molecule has 35 heavy (non-hydrogen) atoms. The van der Waals surface area contributed by atoms with Gasteiger partial charge in [0, 0.05) is 32.9 Å². The van der Waals surface area contributed by atoms with Crippen molar-refractivity contribution in [1.29, 1.82) is 0 Å². The number of H-pyrrole nitrogens is 1. The first-order valence-corrected chi connectivity index (χ1v) is 11.9. The van der Waals surface area contributed by atoms with Gasteiger partial charge >= 0.3 is 0 Å². The Morgan fingerprint density at radius 3 is 2.00 bits per heavy atom. The van der Waals surface area contributed by atoms with Crippen LogP contribution in [0.4, 0.5) is 5.69 Å². The molecule has 0 saturated carbocycles. The quantitative estimate of drug-likeness (QED) is 0.364. The van der Waals surface area contributed by atoms with Gasteiger partial charge < -0.3 is 0 Å². The minimum absolute atomic E-state index is 0.197. The number of aromatic amines is 1. The van der Waals surface area contributed by atoms with Crippen molar-refractivity contribution < 1.29 is 4.79 Å². The zero-order valence-corrected chi connectivity index (χ0v) is 20.6. The largest absolute Gasteiger partial charge is 0.295 e. The molecule has 0 spiro atoms. The van der Waals surface area contributed by atoms with Crippen molar-refractivity contribution in [3.63, 3.8) is 0 Å². The molecule has 0 saturated heterocycles. The molecule has 0 fully saturated rings. The molecule has 0 aliphatic carbocycles. The number of carbonyl (C=O) groups excluding carboxylic acids is 1. The number of rotatable bonds is 5. The lowest BCUT2D eigenvalue weighted by molar-refractivity contribution is -0.120. The summed E-state index contributed by atoms with van der Waals surface area (Å²) in [5, 5.41) is 10.3. The molecule has 1 N–H and O–H groups in total. The third-order valence-corrected chi connectivity index (χ3v) is 6.76. The third-order valence-electron chi connectivity index (χ3n) is 6.26. The summed E-state index contributed by atoms with van der Waals surface area (Å²) in [4.78, 5) is 27.5. The molecule has 0 unspecified atom stereocenters. The van der Waals surface area contributed by atoms with Crippen LogP contribution in [0.25, 0.3) is 5.69 Å². The fourth-order valence-electron chi connectivity index (χ4n) is 4.61. The van der Waals surface area contributed by atoms with Gasteiger partial charge in [-0.05, 0) is 67.9 Å². The van der Waals surface area contributed by atoms with Gasteiger partial charge in [-0.1, -0.05) is 53.5 Å². The number of aryl methyl sites for hydroxylation is 1. The highest BCUT2D eigenvalue weighted by molar-refractivity contribution is 6.31. The number of hydrogen-bond donors (Lipinski definition) is 1. The van der Waals surface area contributed by atoms with Crippen molar-refractivity contribution in [2.24, 2.45) is 11.0 Å². The Balaban J connectivity index is 1.63. The smallest absolute Gasteiger partial charge is 0.275 e. The molecule has 5 rings (SSSR count). The molecule has 3 aromatic carbocycles. The van der Waals surface area contributed by atoms with Crippen molar-refractivity contribution in [3.05, 3.63) is 116 Å². The van der Waals surface area contributed by atoms with Gasteiger partial charge in [0.05, 0.1) is 17.3 Å². The highest BCUT2D eigenvalue weighted by atomic mass is 35.5. The average Bonchev–Trinajstić information content (AvgIpc) is 3.31. The van der Waals surface area contributed by atoms with Crippen molar-refractivity contribution in [3.8, 4) is 5.69 Å². The van der Waals surface area contributed by atoms with Crippen molar-refractivity contribution in [2.75, 3.05) is 5.01 Å². The molecule has 0 bridgehead atoms. The fraction of sp³-hybridized carbons (Fsp3) is 0.148. The Kier molecular flexibility index (Phi) is 6.09. The zero-order chi connectivity index (χ0) is 24.7. The summed E-state index contributed by atoms with van der Waals surface area (Å²) in [5.41, 5.74) is 3.77. The van der Waals surface area contributed by atoms with Crippen molar-refractivity contribution in [1.82, 2.24) is 9.78 Å². The molecule has 2 heterocycles. The summed E-state index contributed by atoms with van der Waals surface area (Å²) in [6.45, 7) is 3.68. The number of hydrogen-bond acceptors (Lipinski definition) is 3. The van der Waals surface area contributed by atoms with E-state index in [1.54, 1.807) is 48.5 Å². The van der Waals surface area contributed by atoms with Crippen LogP contribution in [-0.2, 0) is 4.79 Å². The lowest BCUT2D eigenvalue weighted by Gasteiger charge is -2.23. The minimum atomic E-state index is -0.644. The van der Waals surface area contributed by atoms with Crippen molar-refractivity contribution in [2.45, 2.75) is 19.8 Å². The lowest BCUT2D eigenvalue weighted by atomic mass is 9.78. The van der Waals surface area contributed by atoms with Crippen LogP contribution in [0.1, 0.15) is 29.7 Å². The second kappa shape index (κ2) is 9.21. The standard InChI is InChI=1S/C27H22Cl2N4O2/c1-16-23(26(34)32(30-16)21-12-8-19(28)9-13-21)25(18-6-4-3-5-7-18)24-17(2)31-33(27(24)35)22-14-10-20(29)11-15-22/h3-15,23,25,31H,1-2H3/t23-,25-/m1/s1. The Labute approximate surface area is 212 Å². The molecule has 2 atom stereocenters. The number of nitrogens with zero attached hydrogens (tertiary/aromatic N) is 3. The van der Waals surface area contributed by atoms with Crippen LogP contribution < -0.4 is 10.6 Å². The molecule has 1 aliphatic rings. The fourth-order valence-corrected chi connectivity index (χ4v) is 4.87. The second-order valence-corrected chi connectivity index (χ2v) is 9.37. The molecule has 8 heteroatoms. The van der Waals surface area contributed by atoms with E-state index in [1.807, 2.05) is 44.2 Å². The number of benzene rings is 3. The van der Waals surface area contributed by atoms with Crippen molar-refractivity contribution >= 4 is 40.5 Å². The molecule has 1 aromatic heterocycles. The van der Waals surface area contributed by atoms with Gasteiger partial charge in [-0.15, -0.1) is 0 Å². The van der Waals surface area contributed by atoms with Gasteiger partial charge in [-0.25, -0.2) is 9.69 Å². The Morgan fingerprint density at radius 2 is 1.40 bits per heavy atom. The van der Waals surface area contributed by atoms with Crippen LogP contribution >= 0.6 is 23.2 Å². The summed E-state index contributed by atoms with van der Waals surface area (Å²) in [6.07, 6.45) is 0. The first kappa shape index (κ1) is 23.1. The summed E-state index contributed by atoms with van der Waals surface area (Å²) < 4.78 is 1.49. The van der Waals surface area contributed by atoms with Crippen LogP contribution in [0.15, 0.2) is 88.8 Å². The van der Waals surface area contributed by atoms with Crippen LogP contribution in [-0.4, -0.2) is 21.4 Å². The van der Waals surface area contributed by atoms with E-state index in [0.29, 0.717) is 38.4 Å². The van der Waals surface area contributed by atoms with Gasteiger partial charge in [0.15, 0.2) is 0 Å².